The summed E-state index contributed by atoms with van der Waals surface area (Å²) in [6.45, 7) is 5.13. The van der Waals surface area contributed by atoms with E-state index in [0.29, 0.717) is 12.1 Å². The van der Waals surface area contributed by atoms with E-state index in [9.17, 15) is 0 Å². The molecule has 0 aliphatic carbocycles. The molecule has 1 aromatic carbocycles. The van der Waals surface area contributed by atoms with Gasteiger partial charge in [-0.15, -0.1) is 0 Å². The molecule has 0 saturated carbocycles. The fraction of sp³-hybridized carbons (Fsp3) is 0.600. The molecule has 3 unspecified atom stereocenters. The minimum absolute atomic E-state index is 0.151. The molecule has 100 valence electrons. The summed E-state index contributed by atoms with van der Waals surface area (Å²) in [6.07, 6.45) is 2.39. The van der Waals surface area contributed by atoms with Gasteiger partial charge in [0.15, 0.2) is 0 Å². The second-order valence-corrected chi connectivity index (χ2v) is 5.15. The van der Waals surface area contributed by atoms with Crippen LogP contribution >= 0.6 is 0 Å². The van der Waals surface area contributed by atoms with Crippen molar-refractivity contribution in [3.8, 4) is 0 Å². The van der Waals surface area contributed by atoms with Gasteiger partial charge in [0.05, 0.1) is 12.1 Å². The van der Waals surface area contributed by atoms with Crippen LogP contribution in [0.15, 0.2) is 24.3 Å². The Kier molecular flexibility index (Phi) is 4.25. The Morgan fingerprint density at radius 3 is 2.56 bits per heavy atom. The topological polar surface area (TPSA) is 38.5 Å². The average Bonchev–Trinajstić information content (AvgIpc) is 2.83. The van der Waals surface area contributed by atoms with E-state index in [1.165, 1.54) is 11.3 Å². The molecular formula is C15H24N2O. The first-order valence-corrected chi connectivity index (χ1v) is 6.83. The van der Waals surface area contributed by atoms with Crippen molar-refractivity contribution in [1.29, 1.82) is 0 Å². The highest BCUT2D eigenvalue weighted by Gasteiger charge is 2.27. The molecule has 2 N–H and O–H groups in total. The number of anilines is 1. The predicted molar refractivity (Wildman–Crippen MR) is 75.9 cm³/mol. The summed E-state index contributed by atoms with van der Waals surface area (Å²) >= 11 is 0. The number of benzene rings is 1. The van der Waals surface area contributed by atoms with Gasteiger partial charge >= 0.3 is 0 Å². The maximum Gasteiger partial charge on any atom is 0.0750 e. The van der Waals surface area contributed by atoms with E-state index in [-0.39, 0.29) is 6.04 Å². The van der Waals surface area contributed by atoms with Crippen molar-refractivity contribution in [2.75, 3.05) is 18.6 Å². The maximum absolute atomic E-state index is 6.03. The first-order chi connectivity index (χ1) is 8.63. The summed E-state index contributed by atoms with van der Waals surface area (Å²) in [5.41, 5.74) is 8.48. The summed E-state index contributed by atoms with van der Waals surface area (Å²) in [4.78, 5) is 2.32. The van der Waals surface area contributed by atoms with E-state index >= 15 is 0 Å². The molecule has 3 heteroatoms. The quantitative estimate of drug-likeness (QED) is 0.890. The molecule has 1 fully saturated rings. The van der Waals surface area contributed by atoms with Gasteiger partial charge in [-0.3, -0.25) is 0 Å². The van der Waals surface area contributed by atoms with Crippen molar-refractivity contribution in [2.24, 2.45) is 5.73 Å². The van der Waals surface area contributed by atoms with Gasteiger partial charge in [-0.2, -0.15) is 0 Å². The van der Waals surface area contributed by atoms with E-state index in [0.717, 1.165) is 19.4 Å². The van der Waals surface area contributed by atoms with Crippen LogP contribution in [-0.4, -0.2) is 25.8 Å². The molecule has 0 amide bonds. The highest BCUT2D eigenvalue weighted by molar-refractivity contribution is 5.48. The van der Waals surface area contributed by atoms with Crippen LogP contribution in [-0.2, 0) is 4.74 Å². The first-order valence-electron chi connectivity index (χ1n) is 6.83. The zero-order valence-corrected chi connectivity index (χ0v) is 11.6. The van der Waals surface area contributed by atoms with Crippen LogP contribution in [0.4, 0.5) is 5.69 Å². The standard InChI is InChI=1S/C15H24N2O/c1-4-14(16)12-5-7-13(8-6-12)17(3)15-9-10-18-11(15)2/h5-8,11,14-15H,4,9-10,16H2,1-3H3. The smallest absolute Gasteiger partial charge is 0.0750 e. The van der Waals surface area contributed by atoms with Crippen LogP contribution in [0.5, 0.6) is 0 Å². The van der Waals surface area contributed by atoms with Gasteiger partial charge in [0, 0.05) is 25.4 Å². The number of nitrogens with two attached hydrogens (primary N) is 1. The van der Waals surface area contributed by atoms with Crippen LogP contribution in [0.1, 0.15) is 38.3 Å². The minimum Gasteiger partial charge on any atom is -0.376 e. The monoisotopic (exact) mass is 248 g/mol. The van der Waals surface area contributed by atoms with Crippen LogP contribution in [0.3, 0.4) is 0 Å². The molecule has 1 aliphatic heterocycles. The summed E-state index contributed by atoms with van der Waals surface area (Å²) in [6, 6.07) is 9.24. The maximum atomic E-state index is 6.03. The third-order valence-corrected chi connectivity index (χ3v) is 4.00. The zero-order valence-electron chi connectivity index (χ0n) is 11.6. The van der Waals surface area contributed by atoms with Crippen molar-refractivity contribution in [3.05, 3.63) is 29.8 Å². The zero-order chi connectivity index (χ0) is 13.1. The number of ether oxygens (including phenoxy) is 1. The minimum atomic E-state index is 0.151. The van der Waals surface area contributed by atoms with Gasteiger partial charge in [0.1, 0.15) is 0 Å². The number of likely N-dealkylation sites (N-methyl/N-ethyl adjacent to an activating group) is 1. The summed E-state index contributed by atoms with van der Waals surface area (Å²) in [7, 11) is 2.14. The van der Waals surface area contributed by atoms with Crippen LogP contribution < -0.4 is 10.6 Å². The molecule has 2 rings (SSSR count). The third kappa shape index (κ3) is 2.68. The molecule has 1 aliphatic rings. The lowest BCUT2D eigenvalue weighted by atomic mass is 10.0. The van der Waals surface area contributed by atoms with Crippen molar-refractivity contribution < 1.29 is 4.74 Å². The third-order valence-electron chi connectivity index (χ3n) is 4.00. The number of rotatable bonds is 4. The van der Waals surface area contributed by atoms with Crippen LogP contribution in [0, 0.1) is 0 Å². The van der Waals surface area contributed by atoms with Gasteiger partial charge < -0.3 is 15.4 Å². The molecule has 3 nitrogen and oxygen atoms in total. The molecule has 18 heavy (non-hydrogen) atoms. The highest BCUT2D eigenvalue weighted by atomic mass is 16.5. The fourth-order valence-corrected chi connectivity index (χ4v) is 2.61. The molecule has 3 atom stereocenters. The van der Waals surface area contributed by atoms with E-state index in [1.807, 2.05) is 0 Å². The Morgan fingerprint density at radius 2 is 2.06 bits per heavy atom. The normalized spacial score (nSPS) is 25.1. The molecule has 1 saturated heterocycles. The van der Waals surface area contributed by atoms with Gasteiger partial charge in [0.25, 0.3) is 0 Å². The van der Waals surface area contributed by atoms with Crippen molar-refractivity contribution in [2.45, 2.75) is 44.9 Å². The van der Waals surface area contributed by atoms with E-state index in [2.05, 4.69) is 50.1 Å². The lowest BCUT2D eigenvalue weighted by Crippen LogP contribution is -2.36. The van der Waals surface area contributed by atoms with Gasteiger partial charge in [0.2, 0.25) is 0 Å². The predicted octanol–water partition coefficient (Wildman–Crippen LogP) is 2.71. The Balaban J connectivity index is 2.09. The number of hydrogen-bond acceptors (Lipinski definition) is 3. The second-order valence-electron chi connectivity index (χ2n) is 5.15. The van der Waals surface area contributed by atoms with Gasteiger partial charge in [-0.25, -0.2) is 0 Å². The van der Waals surface area contributed by atoms with E-state index < -0.39 is 0 Å². The number of hydrogen-bond donors (Lipinski definition) is 1. The molecule has 1 heterocycles. The first kappa shape index (κ1) is 13.4. The van der Waals surface area contributed by atoms with Crippen molar-refractivity contribution in [1.82, 2.24) is 0 Å². The molecule has 1 aromatic rings. The second kappa shape index (κ2) is 5.72. The van der Waals surface area contributed by atoms with Gasteiger partial charge in [-0.05, 0) is 37.5 Å². The fourth-order valence-electron chi connectivity index (χ4n) is 2.61. The SMILES string of the molecule is CCC(N)c1ccc(N(C)C2CCOC2C)cc1. The summed E-state index contributed by atoms with van der Waals surface area (Å²) in [5, 5.41) is 0. The lowest BCUT2D eigenvalue weighted by molar-refractivity contribution is 0.118. The average molecular weight is 248 g/mol. The summed E-state index contributed by atoms with van der Waals surface area (Å²) in [5.74, 6) is 0. The molecule has 0 radical (unpaired) electrons. The summed E-state index contributed by atoms with van der Waals surface area (Å²) < 4.78 is 5.63. The molecule has 0 aromatic heterocycles. The van der Waals surface area contributed by atoms with Crippen LogP contribution in [0.2, 0.25) is 0 Å². The Hall–Kier alpha value is -1.06. The Morgan fingerprint density at radius 1 is 1.39 bits per heavy atom. The Bertz CT molecular complexity index is 377. The highest BCUT2D eigenvalue weighted by Crippen LogP contribution is 2.25. The van der Waals surface area contributed by atoms with Crippen molar-refractivity contribution in [3.63, 3.8) is 0 Å². The number of nitrogens with zero attached hydrogens (tertiary/aromatic N) is 1. The lowest BCUT2D eigenvalue weighted by Gasteiger charge is -2.29. The van der Waals surface area contributed by atoms with E-state index in [4.69, 9.17) is 10.5 Å². The van der Waals surface area contributed by atoms with Gasteiger partial charge in [-0.1, -0.05) is 19.1 Å². The molecule has 0 spiro atoms. The largest absolute Gasteiger partial charge is 0.376 e. The molecule has 0 bridgehead atoms. The Labute approximate surface area is 110 Å². The molecular weight excluding hydrogens is 224 g/mol. The van der Waals surface area contributed by atoms with E-state index in [1.54, 1.807) is 0 Å². The van der Waals surface area contributed by atoms with Crippen LogP contribution in [0.25, 0.3) is 0 Å². The van der Waals surface area contributed by atoms with Crippen molar-refractivity contribution >= 4 is 5.69 Å².